The Morgan fingerprint density at radius 3 is 2.79 bits per heavy atom. The van der Waals surface area contributed by atoms with Crippen LogP contribution in [0.2, 0.25) is 10.0 Å². The molecule has 0 aliphatic heterocycles. The number of nitrogens with one attached hydrogen (secondary N) is 1. The lowest BCUT2D eigenvalue weighted by Gasteiger charge is -2.07. The first kappa shape index (κ1) is 21.2. The van der Waals surface area contributed by atoms with Crippen molar-refractivity contribution in [2.75, 3.05) is 5.32 Å². The van der Waals surface area contributed by atoms with Crippen molar-refractivity contribution in [1.29, 1.82) is 0 Å². The first-order valence-electron chi connectivity index (χ1n) is 8.70. The maximum atomic E-state index is 12.2. The van der Waals surface area contributed by atoms with Gasteiger partial charge in [-0.3, -0.25) is 4.79 Å². The molecular weight excluding hydrogens is 431 g/mol. The number of aryl methyl sites for hydroxylation is 1. The molecule has 0 radical (unpaired) electrons. The van der Waals surface area contributed by atoms with Crippen molar-refractivity contribution in [3.63, 3.8) is 0 Å². The molecule has 1 amide bonds. The van der Waals surface area contributed by atoms with Crippen LogP contribution in [0.25, 0.3) is 0 Å². The molecule has 6 nitrogen and oxygen atoms in total. The number of amides is 1. The molecule has 0 spiro atoms. The Bertz CT molecular complexity index is 1050. The monoisotopic (exact) mass is 448 g/mol. The van der Waals surface area contributed by atoms with E-state index >= 15 is 0 Å². The number of hydrogen-bond donors (Lipinski definition) is 1. The Morgan fingerprint density at radius 2 is 2.07 bits per heavy atom. The van der Waals surface area contributed by atoms with Gasteiger partial charge in [0.15, 0.2) is 0 Å². The summed E-state index contributed by atoms with van der Waals surface area (Å²) < 4.78 is 4.05. The van der Waals surface area contributed by atoms with Gasteiger partial charge in [-0.1, -0.05) is 52.6 Å². The third-order valence-electron chi connectivity index (χ3n) is 3.92. The SMILES string of the molecule is CC(=NOCc1ccc(Cl)cc1Cl)c1cccc(CC(=O)Nc2nc(C)ns2)c1. The van der Waals surface area contributed by atoms with Crippen molar-refractivity contribution in [2.45, 2.75) is 26.9 Å². The van der Waals surface area contributed by atoms with E-state index in [9.17, 15) is 4.79 Å². The highest BCUT2D eigenvalue weighted by Gasteiger charge is 2.09. The molecule has 1 aromatic heterocycles. The molecule has 3 aromatic rings. The van der Waals surface area contributed by atoms with Gasteiger partial charge in [0.2, 0.25) is 11.0 Å². The van der Waals surface area contributed by atoms with Crippen LogP contribution in [0.3, 0.4) is 0 Å². The van der Waals surface area contributed by atoms with Gasteiger partial charge in [-0.2, -0.15) is 4.37 Å². The molecule has 0 saturated heterocycles. The molecule has 0 unspecified atom stereocenters. The summed E-state index contributed by atoms with van der Waals surface area (Å²) in [4.78, 5) is 21.8. The molecule has 9 heteroatoms. The maximum Gasteiger partial charge on any atom is 0.230 e. The molecule has 0 saturated carbocycles. The fourth-order valence-electron chi connectivity index (χ4n) is 2.49. The Kier molecular flexibility index (Phi) is 7.19. The minimum atomic E-state index is -0.151. The molecule has 150 valence electrons. The molecule has 1 N–H and O–H groups in total. The van der Waals surface area contributed by atoms with Gasteiger partial charge >= 0.3 is 0 Å². The smallest absolute Gasteiger partial charge is 0.230 e. The van der Waals surface area contributed by atoms with Gasteiger partial charge in [-0.25, -0.2) is 4.98 Å². The second kappa shape index (κ2) is 9.82. The van der Waals surface area contributed by atoms with Gasteiger partial charge in [0, 0.05) is 27.1 Å². The lowest BCUT2D eigenvalue weighted by Crippen LogP contribution is -2.14. The van der Waals surface area contributed by atoms with E-state index < -0.39 is 0 Å². The Balaban J connectivity index is 1.60. The van der Waals surface area contributed by atoms with Crippen molar-refractivity contribution in [2.24, 2.45) is 5.16 Å². The number of aromatic nitrogens is 2. The Hall–Kier alpha value is -2.48. The highest BCUT2D eigenvalue weighted by molar-refractivity contribution is 7.09. The molecule has 0 aliphatic carbocycles. The van der Waals surface area contributed by atoms with E-state index in [4.69, 9.17) is 28.0 Å². The number of hydrogen-bond acceptors (Lipinski definition) is 6. The average Bonchev–Trinajstić information content (AvgIpc) is 3.08. The van der Waals surface area contributed by atoms with Crippen LogP contribution in [0.5, 0.6) is 0 Å². The third kappa shape index (κ3) is 6.25. The summed E-state index contributed by atoms with van der Waals surface area (Å²) in [5.74, 6) is 0.487. The minimum absolute atomic E-state index is 0.151. The van der Waals surface area contributed by atoms with E-state index in [1.54, 1.807) is 25.1 Å². The number of benzene rings is 2. The summed E-state index contributed by atoms with van der Waals surface area (Å²) in [6.07, 6.45) is 0.223. The number of carbonyl (C=O) groups is 1. The van der Waals surface area contributed by atoms with Gasteiger partial charge in [0.1, 0.15) is 12.4 Å². The Morgan fingerprint density at radius 1 is 1.24 bits per heavy atom. The Labute approximate surface area is 182 Å². The van der Waals surface area contributed by atoms with Crippen LogP contribution in [0, 0.1) is 6.92 Å². The zero-order valence-electron chi connectivity index (χ0n) is 15.8. The fraction of sp³-hybridized carbons (Fsp3) is 0.200. The highest BCUT2D eigenvalue weighted by atomic mass is 35.5. The maximum absolute atomic E-state index is 12.2. The first-order chi connectivity index (χ1) is 13.9. The summed E-state index contributed by atoms with van der Waals surface area (Å²) in [5.41, 5.74) is 3.21. The van der Waals surface area contributed by atoms with Crippen LogP contribution in [-0.2, 0) is 22.7 Å². The van der Waals surface area contributed by atoms with Gasteiger partial charge in [0.25, 0.3) is 0 Å². The number of carbonyl (C=O) groups excluding carboxylic acids is 1. The van der Waals surface area contributed by atoms with E-state index in [0.717, 1.165) is 28.2 Å². The summed E-state index contributed by atoms with van der Waals surface area (Å²) in [7, 11) is 0. The topological polar surface area (TPSA) is 76.5 Å². The number of oxime groups is 1. The largest absolute Gasteiger partial charge is 0.391 e. The van der Waals surface area contributed by atoms with Crippen molar-refractivity contribution in [3.8, 4) is 0 Å². The predicted molar refractivity (Wildman–Crippen MR) is 117 cm³/mol. The van der Waals surface area contributed by atoms with Crippen LogP contribution < -0.4 is 5.32 Å². The van der Waals surface area contributed by atoms with E-state index in [-0.39, 0.29) is 18.9 Å². The summed E-state index contributed by atoms with van der Waals surface area (Å²) >= 11 is 13.2. The molecular formula is C20H18Cl2N4O2S. The molecule has 2 aromatic carbocycles. The summed E-state index contributed by atoms with van der Waals surface area (Å²) in [6.45, 7) is 3.85. The van der Waals surface area contributed by atoms with Crippen LogP contribution >= 0.6 is 34.7 Å². The fourth-order valence-corrected chi connectivity index (χ4v) is 3.55. The first-order valence-corrected chi connectivity index (χ1v) is 10.2. The number of anilines is 1. The predicted octanol–water partition coefficient (Wildman–Crippen LogP) is 5.28. The van der Waals surface area contributed by atoms with E-state index in [1.165, 1.54) is 0 Å². The van der Waals surface area contributed by atoms with Crippen molar-refractivity contribution in [1.82, 2.24) is 9.36 Å². The molecule has 0 atom stereocenters. The van der Waals surface area contributed by atoms with Crippen LogP contribution in [0.1, 0.15) is 29.4 Å². The minimum Gasteiger partial charge on any atom is -0.391 e. The van der Waals surface area contributed by atoms with Crippen LogP contribution in [0.4, 0.5) is 5.13 Å². The van der Waals surface area contributed by atoms with Crippen LogP contribution in [-0.4, -0.2) is 21.0 Å². The van der Waals surface area contributed by atoms with Gasteiger partial charge in [-0.15, -0.1) is 0 Å². The lowest BCUT2D eigenvalue weighted by atomic mass is 10.1. The number of nitrogens with zero attached hydrogens (tertiary/aromatic N) is 3. The quantitative estimate of drug-likeness (QED) is 0.394. The second-order valence-electron chi connectivity index (χ2n) is 6.26. The summed E-state index contributed by atoms with van der Waals surface area (Å²) in [5, 5.41) is 8.50. The van der Waals surface area contributed by atoms with Crippen molar-refractivity contribution < 1.29 is 9.63 Å². The molecule has 3 rings (SSSR count). The van der Waals surface area contributed by atoms with Gasteiger partial charge in [0.05, 0.1) is 12.1 Å². The number of halogens is 2. The second-order valence-corrected chi connectivity index (χ2v) is 7.85. The lowest BCUT2D eigenvalue weighted by molar-refractivity contribution is -0.115. The van der Waals surface area contributed by atoms with Gasteiger partial charge in [-0.05, 0) is 43.2 Å². The van der Waals surface area contributed by atoms with Crippen LogP contribution in [0.15, 0.2) is 47.6 Å². The van der Waals surface area contributed by atoms with E-state index in [0.29, 0.717) is 26.7 Å². The normalized spacial score (nSPS) is 11.4. The zero-order valence-corrected chi connectivity index (χ0v) is 18.1. The standard InChI is InChI=1S/C20H18Cl2N4O2S/c1-12(25-28-11-16-6-7-17(21)10-18(16)22)15-5-3-4-14(8-15)9-19(27)24-20-23-13(2)26-29-20/h3-8,10H,9,11H2,1-2H3,(H,23,24,26,27). The molecule has 0 aliphatic rings. The molecule has 0 fully saturated rings. The van der Waals surface area contributed by atoms with Crippen molar-refractivity contribution >= 4 is 51.5 Å². The molecule has 1 heterocycles. The number of rotatable bonds is 7. The average molecular weight is 449 g/mol. The zero-order chi connectivity index (χ0) is 20.8. The molecule has 29 heavy (non-hydrogen) atoms. The molecule has 0 bridgehead atoms. The van der Waals surface area contributed by atoms with E-state index in [1.807, 2.05) is 31.2 Å². The summed E-state index contributed by atoms with van der Waals surface area (Å²) in [6, 6.07) is 12.8. The van der Waals surface area contributed by atoms with Crippen molar-refractivity contribution in [3.05, 3.63) is 75.0 Å². The van der Waals surface area contributed by atoms with Gasteiger partial charge < -0.3 is 10.2 Å². The van der Waals surface area contributed by atoms with E-state index in [2.05, 4.69) is 19.8 Å². The third-order valence-corrected chi connectivity index (χ3v) is 5.23. The highest BCUT2D eigenvalue weighted by Crippen LogP contribution is 2.21.